The molecule has 1 aliphatic rings. The average molecular weight is 388 g/mol. The molecule has 1 atom stereocenters. The normalized spacial score (nSPS) is 17.7. The Kier molecular flexibility index (Phi) is 6.05. The first-order valence-corrected chi connectivity index (χ1v) is 10.4. The smallest absolute Gasteiger partial charge is 0.251 e. The number of nitrogens with one attached hydrogen (secondary N) is 1. The monoisotopic (exact) mass is 387 g/mol. The van der Waals surface area contributed by atoms with Crippen molar-refractivity contribution < 1.29 is 4.79 Å². The molecule has 0 saturated heterocycles. The summed E-state index contributed by atoms with van der Waals surface area (Å²) in [6.07, 6.45) is 6.86. The number of ketones is 1. The maximum atomic E-state index is 12.3. The minimum Gasteiger partial charge on any atom is -0.322 e. The van der Waals surface area contributed by atoms with Crippen molar-refractivity contribution >= 4 is 34.7 Å². The third-order valence-corrected chi connectivity index (χ3v) is 6.03. The minimum atomic E-state index is -0.0646. The van der Waals surface area contributed by atoms with E-state index in [1.807, 2.05) is 43.5 Å². The molecule has 2 aromatic rings. The number of aromatic amines is 1. The summed E-state index contributed by atoms with van der Waals surface area (Å²) in [7, 11) is 0. The number of carbonyl (C=O) groups excluding carboxylic acids is 1. The Balaban J connectivity index is 2.09. The van der Waals surface area contributed by atoms with E-state index in [0.29, 0.717) is 30.1 Å². The average Bonchev–Trinajstić information content (AvgIpc) is 3.04. The Hall–Kier alpha value is -1.78. The van der Waals surface area contributed by atoms with Crippen LogP contribution in [-0.2, 0) is 11.2 Å². The van der Waals surface area contributed by atoms with Crippen molar-refractivity contribution in [2.45, 2.75) is 37.5 Å². The number of hydrogen-bond donors (Lipinski definition) is 1. The molecule has 1 heterocycles. The zero-order valence-electron chi connectivity index (χ0n) is 15.0. The Bertz CT molecular complexity index is 916. The predicted molar refractivity (Wildman–Crippen MR) is 109 cm³/mol. The van der Waals surface area contributed by atoms with Crippen LogP contribution in [0.3, 0.4) is 0 Å². The van der Waals surface area contributed by atoms with Crippen LogP contribution < -0.4 is 5.56 Å². The Morgan fingerprint density at radius 3 is 2.69 bits per heavy atom. The van der Waals surface area contributed by atoms with Gasteiger partial charge in [0.25, 0.3) is 5.56 Å². The Morgan fingerprint density at radius 1 is 1.31 bits per heavy atom. The summed E-state index contributed by atoms with van der Waals surface area (Å²) in [6.45, 7) is 1.96. The van der Waals surface area contributed by atoms with Crippen LogP contribution in [-0.4, -0.2) is 17.0 Å². The topological polar surface area (TPSA) is 49.9 Å². The SMILES string of the molecule is CCc1ccc(/C(=C\[C@H]2CCC(=O)C2)c2ccc(SC)c(Cl)c2)[nH]c1=O. The fraction of sp³-hybridized carbons (Fsp3) is 0.333. The standard InChI is InChI=1S/C21H22ClNO2S/c1-3-14-5-8-19(23-21(14)25)17(11-13-4-7-16(24)10-13)15-6-9-20(26-2)18(22)12-15/h5-6,8-9,11-13H,3-4,7,10H2,1-2H3,(H,23,25)/b17-11-/t13-/m0/s1. The van der Waals surface area contributed by atoms with E-state index < -0.39 is 0 Å². The largest absolute Gasteiger partial charge is 0.322 e. The molecule has 136 valence electrons. The number of rotatable bonds is 5. The summed E-state index contributed by atoms with van der Waals surface area (Å²) < 4.78 is 0. The molecule has 1 saturated carbocycles. The van der Waals surface area contributed by atoms with Crippen molar-refractivity contribution in [1.82, 2.24) is 4.98 Å². The molecule has 3 nitrogen and oxygen atoms in total. The first-order valence-electron chi connectivity index (χ1n) is 8.81. The highest BCUT2D eigenvalue weighted by molar-refractivity contribution is 7.98. The van der Waals surface area contributed by atoms with Gasteiger partial charge in [0.05, 0.1) is 5.02 Å². The highest BCUT2D eigenvalue weighted by atomic mass is 35.5. The Labute approximate surface area is 162 Å². The van der Waals surface area contributed by atoms with Crippen molar-refractivity contribution in [2.75, 3.05) is 6.26 Å². The zero-order chi connectivity index (χ0) is 18.7. The summed E-state index contributed by atoms with van der Waals surface area (Å²) in [6, 6.07) is 9.77. The minimum absolute atomic E-state index is 0.0646. The zero-order valence-corrected chi connectivity index (χ0v) is 16.5. The molecule has 1 aromatic heterocycles. The Morgan fingerprint density at radius 2 is 2.12 bits per heavy atom. The lowest BCUT2D eigenvalue weighted by Crippen LogP contribution is -2.13. The van der Waals surface area contributed by atoms with Gasteiger partial charge in [0, 0.05) is 34.6 Å². The van der Waals surface area contributed by atoms with Crippen LogP contribution in [0.2, 0.25) is 5.02 Å². The number of Topliss-reactive ketones (excluding diaryl/α,β-unsaturated/α-hetero) is 1. The van der Waals surface area contributed by atoms with Crippen LogP contribution in [0.4, 0.5) is 0 Å². The highest BCUT2D eigenvalue weighted by Crippen LogP contribution is 2.33. The van der Waals surface area contributed by atoms with E-state index in [0.717, 1.165) is 33.7 Å². The molecule has 3 rings (SSSR count). The maximum Gasteiger partial charge on any atom is 0.251 e. The van der Waals surface area contributed by atoms with Gasteiger partial charge < -0.3 is 4.98 Å². The molecule has 1 aromatic carbocycles. The van der Waals surface area contributed by atoms with Gasteiger partial charge in [-0.3, -0.25) is 9.59 Å². The van der Waals surface area contributed by atoms with Crippen molar-refractivity contribution in [2.24, 2.45) is 5.92 Å². The van der Waals surface area contributed by atoms with E-state index in [2.05, 4.69) is 11.1 Å². The molecule has 0 radical (unpaired) electrons. The number of benzene rings is 1. The van der Waals surface area contributed by atoms with Crippen LogP contribution in [0.5, 0.6) is 0 Å². The molecule has 1 fully saturated rings. The van der Waals surface area contributed by atoms with Crippen LogP contribution in [0.25, 0.3) is 5.57 Å². The lowest BCUT2D eigenvalue weighted by molar-refractivity contribution is -0.117. The van der Waals surface area contributed by atoms with Gasteiger partial charge in [-0.1, -0.05) is 36.7 Å². The number of aromatic nitrogens is 1. The summed E-state index contributed by atoms with van der Waals surface area (Å²) in [5.74, 6) is 0.502. The van der Waals surface area contributed by atoms with Gasteiger partial charge in [0.2, 0.25) is 0 Å². The second kappa shape index (κ2) is 8.28. The fourth-order valence-electron chi connectivity index (χ4n) is 3.34. The lowest BCUT2D eigenvalue weighted by Gasteiger charge is -2.13. The number of allylic oxidation sites excluding steroid dienone is 1. The molecular weight excluding hydrogens is 366 g/mol. The number of aryl methyl sites for hydroxylation is 1. The van der Waals surface area contributed by atoms with Gasteiger partial charge in [0.1, 0.15) is 5.78 Å². The van der Waals surface area contributed by atoms with Gasteiger partial charge in [-0.05, 0) is 48.8 Å². The first-order chi connectivity index (χ1) is 12.5. The molecule has 0 amide bonds. The number of thioether (sulfide) groups is 1. The molecule has 26 heavy (non-hydrogen) atoms. The molecule has 0 spiro atoms. The van der Waals surface area contributed by atoms with Crippen molar-refractivity contribution in [1.29, 1.82) is 0 Å². The van der Waals surface area contributed by atoms with E-state index >= 15 is 0 Å². The lowest BCUT2D eigenvalue weighted by atomic mass is 9.95. The third-order valence-electron chi connectivity index (χ3n) is 4.81. The van der Waals surface area contributed by atoms with E-state index in [1.54, 1.807) is 11.8 Å². The molecule has 5 heteroatoms. The second-order valence-electron chi connectivity index (χ2n) is 6.55. The maximum absolute atomic E-state index is 12.3. The van der Waals surface area contributed by atoms with Gasteiger partial charge in [-0.25, -0.2) is 0 Å². The number of pyridine rings is 1. The highest BCUT2D eigenvalue weighted by Gasteiger charge is 2.22. The summed E-state index contributed by atoms with van der Waals surface area (Å²) in [4.78, 5) is 28.0. The van der Waals surface area contributed by atoms with E-state index in [4.69, 9.17) is 11.6 Å². The molecular formula is C21H22ClNO2S. The first kappa shape index (κ1) is 19.0. The second-order valence-corrected chi connectivity index (χ2v) is 7.81. The predicted octanol–water partition coefficient (Wildman–Crippen LogP) is 5.11. The van der Waals surface area contributed by atoms with Crippen LogP contribution in [0.15, 0.2) is 46.1 Å². The van der Waals surface area contributed by atoms with Crippen molar-refractivity contribution in [3.8, 4) is 0 Å². The number of hydrogen-bond acceptors (Lipinski definition) is 3. The van der Waals surface area contributed by atoms with Crippen molar-refractivity contribution in [3.05, 3.63) is 68.6 Å². The van der Waals surface area contributed by atoms with E-state index in [1.165, 1.54) is 0 Å². The van der Waals surface area contributed by atoms with Gasteiger partial charge >= 0.3 is 0 Å². The van der Waals surface area contributed by atoms with Gasteiger partial charge in [0.15, 0.2) is 0 Å². The van der Waals surface area contributed by atoms with E-state index in [9.17, 15) is 9.59 Å². The molecule has 0 bridgehead atoms. The quantitative estimate of drug-likeness (QED) is 0.725. The van der Waals surface area contributed by atoms with Crippen LogP contribution in [0, 0.1) is 5.92 Å². The molecule has 1 N–H and O–H groups in total. The number of carbonyl (C=O) groups is 1. The summed E-state index contributed by atoms with van der Waals surface area (Å²) in [5.41, 5.74) is 3.34. The molecule has 0 aliphatic heterocycles. The van der Waals surface area contributed by atoms with Gasteiger partial charge in [-0.15, -0.1) is 11.8 Å². The van der Waals surface area contributed by atoms with E-state index in [-0.39, 0.29) is 11.5 Å². The number of H-pyrrole nitrogens is 1. The summed E-state index contributed by atoms with van der Waals surface area (Å²) >= 11 is 8.00. The molecule has 0 unspecified atom stereocenters. The third kappa shape index (κ3) is 4.13. The van der Waals surface area contributed by atoms with Gasteiger partial charge in [-0.2, -0.15) is 0 Å². The number of halogens is 1. The van der Waals surface area contributed by atoms with Crippen molar-refractivity contribution in [3.63, 3.8) is 0 Å². The summed E-state index contributed by atoms with van der Waals surface area (Å²) in [5, 5.41) is 0.691. The fourth-order valence-corrected chi connectivity index (χ4v) is 4.21. The van der Waals surface area contributed by atoms with Crippen LogP contribution in [0.1, 0.15) is 43.0 Å². The van der Waals surface area contributed by atoms with Crippen LogP contribution >= 0.6 is 23.4 Å². The molecule has 1 aliphatic carbocycles.